The first-order valence-corrected chi connectivity index (χ1v) is 7.89. The molecule has 1 aliphatic heterocycles. The summed E-state index contributed by atoms with van der Waals surface area (Å²) in [7, 11) is 1.59. The van der Waals surface area contributed by atoms with Crippen LogP contribution in [0.1, 0.15) is 11.6 Å². The number of rotatable bonds is 5. The molecule has 1 aliphatic rings. The summed E-state index contributed by atoms with van der Waals surface area (Å²) >= 11 is 0. The quantitative estimate of drug-likeness (QED) is 0.876. The smallest absolute Gasteiger partial charge is 0.257 e. The van der Waals surface area contributed by atoms with Gasteiger partial charge in [-0.15, -0.1) is 0 Å². The molecule has 0 spiro atoms. The number of benzene rings is 1. The van der Waals surface area contributed by atoms with Gasteiger partial charge in [-0.3, -0.25) is 9.69 Å². The Balaban J connectivity index is 1.73. The van der Waals surface area contributed by atoms with E-state index in [-0.39, 0.29) is 5.91 Å². The van der Waals surface area contributed by atoms with Gasteiger partial charge in [0.1, 0.15) is 6.04 Å². The molecular formula is C17H21N5O2. The van der Waals surface area contributed by atoms with Crippen molar-refractivity contribution in [2.45, 2.75) is 6.04 Å². The highest BCUT2D eigenvalue weighted by Gasteiger charge is 2.30. The summed E-state index contributed by atoms with van der Waals surface area (Å²) in [6.07, 6.45) is 3.26. The number of hydrogen-bond acceptors (Lipinski definition) is 6. The van der Waals surface area contributed by atoms with Gasteiger partial charge in [-0.2, -0.15) is 0 Å². The molecule has 1 unspecified atom stereocenters. The molecule has 2 heterocycles. The number of methoxy groups -OCH3 is 1. The monoisotopic (exact) mass is 327 g/mol. The maximum atomic E-state index is 12.0. The van der Waals surface area contributed by atoms with Gasteiger partial charge in [-0.05, 0) is 5.56 Å². The Morgan fingerprint density at radius 2 is 1.79 bits per heavy atom. The van der Waals surface area contributed by atoms with Crippen molar-refractivity contribution in [3.63, 3.8) is 0 Å². The van der Waals surface area contributed by atoms with Crippen molar-refractivity contribution in [2.24, 2.45) is 5.73 Å². The third-order valence-corrected chi connectivity index (χ3v) is 4.20. The molecule has 24 heavy (non-hydrogen) atoms. The first kappa shape index (κ1) is 16.2. The second-order valence-electron chi connectivity index (χ2n) is 5.63. The number of aromatic nitrogens is 2. The average Bonchev–Trinajstić information content (AvgIpc) is 2.63. The summed E-state index contributed by atoms with van der Waals surface area (Å²) < 4.78 is 5.28. The molecule has 7 heteroatoms. The van der Waals surface area contributed by atoms with Gasteiger partial charge >= 0.3 is 0 Å². The summed E-state index contributed by atoms with van der Waals surface area (Å²) in [6.45, 7) is 2.88. The molecule has 126 valence electrons. The Morgan fingerprint density at radius 3 is 2.42 bits per heavy atom. The van der Waals surface area contributed by atoms with Gasteiger partial charge in [0.15, 0.2) is 5.82 Å². The number of carbonyl (C=O) groups is 1. The van der Waals surface area contributed by atoms with Gasteiger partial charge in [0.05, 0.1) is 7.11 Å². The van der Waals surface area contributed by atoms with Crippen LogP contribution in [-0.4, -0.2) is 54.1 Å². The average molecular weight is 327 g/mol. The number of anilines is 1. The highest BCUT2D eigenvalue weighted by Crippen LogP contribution is 2.26. The lowest BCUT2D eigenvalue weighted by Crippen LogP contribution is -2.50. The van der Waals surface area contributed by atoms with Crippen molar-refractivity contribution >= 4 is 11.7 Å². The second-order valence-corrected chi connectivity index (χ2v) is 5.63. The number of hydrogen-bond donors (Lipinski definition) is 1. The predicted molar refractivity (Wildman–Crippen MR) is 90.7 cm³/mol. The van der Waals surface area contributed by atoms with Crippen LogP contribution in [0.3, 0.4) is 0 Å². The summed E-state index contributed by atoms with van der Waals surface area (Å²) in [5, 5.41) is 0. The lowest BCUT2D eigenvalue weighted by molar-refractivity contribution is -0.123. The molecule has 1 amide bonds. The number of nitrogens with two attached hydrogens (primary N) is 1. The summed E-state index contributed by atoms with van der Waals surface area (Å²) in [5.74, 6) is 0.919. The summed E-state index contributed by atoms with van der Waals surface area (Å²) in [5.41, 5.74) is 6.58. The van der Waals surface area contributed by atoms with Crippen molar-refractivity contribution in [2.75, 3.05) is 38.2 Å². The van der Waals surface area contributed by atoms with Gasteiger partial charge in [-0.1, -0.05) is 30.3 Å². The van der Waals surface area contributed by atoms with Crippen LogP contribution in [0, 0.1) is 0 Å². The molecule has 0 radical (unpaired) electrons. The van der Waals surface area contributed by atoms with Crippen LogP contribution in [0.15, 0.2) is 42.7 Å². The van der Waals surface area contributed by atoms with Gasteiger partial charge in [0, 0.05) is 38.6 Å². The largest absolute Gasteiger partial charge is 0.478 e. The van der Waals surface area contributed by atoms with Crippen molar-refractivity contribution < 1.29 is 9.53 Å². The standard InChI is InChI=1S/C17H21N5O2/c1-24-17-16(19-7-8-20-17)22-11-9-21(10-12-22)14(15(18)23)13-5-3-2-4-6-13/h2-8,14H,9-12H2,1H3,(H2,18,23). The number of amides is 1. The third-order valence-electron chi connectivity index (χ3n) is 4.20. The van der Waals surface area contributed by atoms with Crippen LogP contribution in [0.2, 0.25) is 0 Å². The van der Waals surface area contributed by atoms with E-state index in [2.05, 4.69) is 19.8 Å². The molecule has 2 N–H and O–H groups in total. The minimum Gasteiger partial charge on any atom is -0.478 e. The van der Waals surface area contributed by atoms with Crippen LogP contribution in [0.4, 0.5) is 5.82 Å². The van der Waals surface area contributed by atoms with E-state index < -0.39 is 6.04 Å². The van der Waals surface area contributed by atoms with E-state index in [9.17, 15) is 4.79 Å². The highest BCUT2D eigenvalue weighted by molar-refractivity contribution is 5.81. The van der Waals surface area contributed by atoms with Gasteiger partial charge in [0.2, 0.25) is 5.91 Å². The SMILES string of the molecule is COc1nccnc1N1CCN(C(C(N)=O)c2ccccc2)CC1. The molecule has 3 rings (SSSR count). The maximum absolute atomic E-state index is 12.0. The Bertz CT molecular complexity index is 686. The van der Waals surface area contributed by atoms with Crippen molar-refractivity contribution in [1.29, 1.82) is 0 Å². The van der Waals surface area contributed by atoms with Crippen LogP contribution in [-0.2, 0) is 4.79 Å². The number of nitrogens with zero attached hydrogens (tertiary/aromatic N) is 4. The fraction of sp³-hybridized carbons (Fsp3) is 0.353. The van der Waals surface area contributed by atoms with E-state index in [1.807, 2.05) is 30.3 Å². The lowest BCUT2D eigenvalue weighted by atomic mass is 10.0. The fourth-order valence-corrected chi connectivity index (χ4v) is 3.06. The summed E-state index contributed by atoms with van der Waals surface area (Å²) in [4.78, 5) is 24.8. The number of primary amides is 1. The normalized spacial score (nSPS) is 16.6. The molecule has 1 atom stereocenters. The molecule has 0 saturated carbocycles. The Kier molecular flexibility index (Phi) is 4.90. The molecule has 1 aromatic carbocycles. The van der Waals surface area contributed by atoms with Gasteiger partial charge in [0.25, 0.3) is 5.88 Å². The van der Waals surface area contributed by atoms with E-state index in [0.717, 1.165) is 24.5 Å². The Hall–Kier alpha value is -2.67. The van der Waals surface area contributed by atoms with E-state index in [0.29, 0.717) is 19.0 Å². The Labute approximate surface area is 141 Å². The molecule has 0 bridgehead atoms. The Morgan fingerprint density at radius 1 is 1.12 bits per heavy atom. The zero-order valence-electron chi connectivity index (χ0n) is 13.6. The summed E-state index contributed by atoms with van der Waals surface area (Å²) in [6, 6.07) is 9.25. The van der Waals surface area contributed by atoms with E-state index in [4.69, 9.17) is 10.5 Å². The van der Waals surface area contributed by atoms with Crippen LogP contribution >= 0.6 is 0 Å². The van der Waals surface area contributed by atoms with Crippen molar-refractivity contribution in [3.8, 4) is 5.88 Å². The maximum Gasteiger partial charge on any atom is 0.257 e. The topological polar surface area (TPSA) is 84.6 Å². The molecule has 1 aromatic heterocycles. The van der Waals surface area contributed by atoms with Crippen LogP contribution < -0.4 is 15.4 Å². The van der Waals surface area contributed by atoms with E-state index in [1.54, 1.807) is 19.5 Å². The second kappa shape index (κ2) is 7.27. The third kappa shape index (κ3) is 3.30. The van der Waals surface area contributed by atoms with Crippen LogP contribution in [0.25, 0.3) is 0 Å². The molecular weight excluding hydrogens is 306 g/mol. The minimum absolute atomic E-state index is 0.327. The van der Waals surface area contributed by atoms with E-state index >= 15 is 0 Å². The van der Waals surface area contributed by atoms with Gasteiger partial charge in [-0.25, -0.2) is 9.97 Å². The predicted octanol–water partition coefficient (Wildman–Crippen LogP) is 0.834. The first-order chi connectivity index (χ1) is 11.7. The number of ether oxygens (including phenoxy) is 1. The van der Waals surface area contributed by atoms with E-state index in [1.165, 1.54) is 0 Å². The lowest BCUT2D eigenvalue weighted by Gasteiger charge is -2.38. The molecule has 0 aliphatic carbocycles. The van der Waals surface area contributed by atoms with Crippen molar-refractivity contribution in [3.05, 3.63) is 48.3 Å². The molecule has 2 aromatic rings. The zero-order chi connectivity index (χ0) is 16.9. The van der Waals surface area contributed by atoms with Crippen LogP contribution in [0.5, 0.6) is 5.88 Å². The minimum atomic E-state index is -0.405. The first-order valence-electron chi connectivity index (χ1n) is 7.89. The highest BCUT2D eigenvalue weighted by atomic mass is 16.5. The van der Waals surface area contributed by atoms with Gasteiger partial charge < -0.3 is 15.4 Å². The molecule has 1 saturated heterocycles. The number of piperazine rings is 1. The molecule has 7 nitrogen and oxygen atoms in total. The molecule has 1 fully saturated rings. The zero-order valence-corrected chi connectivity index (χ0v) is 13.6. The number of carbonyl (C=O) groups excluding carboxylic acids is 1. The van der Waals surface area contributed by atoms with Crippen molar-refractivity contribution in [1.82, 2.24) is 14.9 Å². The fourth-order valence-electron chi connectivity index (χ4n) is 3.06.